The van der Waals surface area contributed by atoms with E-state index in [1.807, 2.05) is 0 Å². The molecule has 1 unspecified atom stereocenters. The van der Waals surface area contributed by atoms with Gasteiger partial charge in [-0.3, -0.25) is 4.79 Å². The van der Waals surface area contributed by atoms with Gasteiger partial charge < -0.3 is 5.32 Å². The predicted molar refractivity (Wildman–Crippen MR) is 64.2 cm³/mol. The van der Waals surface area contributed by atoms with Crippen molar-refractivity contribution in [1.29, 1.82) is 0 Å². The van der Waals surface area contributed by atoms with E-state index < -0.39 is 30.6 Å². The maximum Gasteiger partial charge on any atom is 0.398 e. The van der Waals surface area contributed by atoms with Gasteiger partial charge in [0.2, 0.25) is 0 Å². The smallest absolute Gasteiger partial charge is 0.346 e. The van der Waals surface area contributed by atoms with Crippen molar-refractivity contribution in [3.8, 4) is 0 Å². The Morgan fingerprint density at radius 2 is 2.11 bits per heavy atom. The van der Waals surface area contributed by atoms with Gasteiger partial charge in [-0.05, 0) is 24.1 Å². The molecule has 1 aromatic rings. The van der Waals surface area contributed by atoms with Gasteiger partial charge in [0.1, 0.15) is 6.67 Å². The molecule has 2 rings (SSSR count). The Morgan fingerprint density at radius 3 is 2.74 bits per heavy atom. The van der Waals surface area contributed by atoms with Crippen LogP contribution in [0.1, 0.15) is 15.9 Å². The first-order valence-corrected chi connectivity index (χ1v) is 6.57. The van der Waals surface area contributed by atoms with Crippen LogP contribution >= 0.6 is 11.8 Å². The SMILES string of the molecule is O=C1NC(CF)Cc2ccc(SCC(F)(F)F)cc21. The number of rotatable bonds is 3. The van der Waals surface area contributed by atoms with Crippen LogP contribution in [0.4, 0.5) is 17.6 Å². The number of nitrogens with one attached hydrogen (secondary N) is 1. The molecule has 0 saturated carbocycles. The zero-order valence-corrected chi connectivity index (χ0v) is 10.6. The first-order chi connectivity index (χ1) is 8.89. The minimum absolute atomic E-state index is 0.330. The summed E-state index contributed by atoms with van der Waals surface area (Å²) < 4.78 is 48.9. The molecule has 104 valence electrons. The van der Waals surface area contributed by atoms with Gasteiger partial charge in [0.15, 0.2) is 0 Å². The van der Waals surface area contributed by atoms with Gasteiger partial charge in [0.05, 0.1) is 11.8 Å². The second kappa shape index (κ2) is 5.40. The molecule has 2 nitrogen and oxygen atoms in total. The number of halogens is 4. The van der Waals surface area contributed by atoms with Crippen LogP contribution in [0, 0.1) is 0 Å². The molecule has 1 aromatic carbocycles. The van der Waals surface area contributed by atoms with Crippen molar-refractivity contribution in [3.05, 3.63) is 29.3 Å². The molecule has 1 N–H and O–H groups in total. The van der Waals surface area contributed by atoms with Gasteiger partial charge in [-0.15, -0.1) is 11.8 Å². The standard InChI is InChI=1S/C12H11F4NOS/c13-5-8-3-7-1-2-9(19-6-12(14,15)16)4-10(7)11(18)17-8/h1-2,4,8H,3,5-6H2,(H,17,18). The maximum atomic E-state index is 12.5. The van der Waals surface area contributed by atoms with Gasteiger partial charge in [0.25, 0.3) is 5.91 Å². The van der Waals surface area contributed by atoms with Gasteiger partial charge in [-0.25, -0.2) is 4.39 Å². The fourth-order valence-corrected chi connectivity index (χ4v) is 2.57. The van der Waals surface area contributed by atoms with Crippen molar-refractivity contribution in [1.82, 2.24) is 5.32 Å². The van der Waals surface area contributed by atoms with Crippen LogP contribution in [0.25, 0.3) is 0 Å². The first-order valence-electron chi connectivity index (χ1n) is 5.58. The summed E-state index contributed by atoms with van der Waals surface area (Å²) in [5, 5.41) is 2.48. The van der Waals surface area contributed by atoms with Gasteiger partial charge >= 0.3 is 6.18 Å². The summed E-state index contributed by atoms with van der Waals surface area (Å²) in [6, 6.07) is 4.00. The van der Waals surface area contributed by atoms with E-state index in [4.69, 9.17) is 0 Å². The minimum atomic E-state index is -4.25. The summed E-state index contributed by atoms with van der Waals surface area (Å²) in [7, 11) is 0. The number of hydrogen-bond acceptors (Lipinski definition) is 2. The van der Waals surface area contributed by atoms with Crippen LogP contribution in [0.5, 0.6) is 0 Å². The third kappa shape index (κ3) is 3.62. The molecular weight excluding hydrogens is 282 g/mol. The lowest BCUT2D eigenvalue weighted by Crippen LogP contribution is -2.42. The minimum Gasteiger partial charge on any atom is -0.346 e. The molecule has 0 saturated heterocycles. The predicted octanol–water partition coefficient (Wildman–Crippen LogP) is 2.97. The maximum absolute atomic E-state index is 12.5. The molecule has 1 atom stereocenters. The van der Waals surface area contributed by atoms with E-state index in [1.165, 1.54) is 12.1 Å². The Morgan fingerprint density at radius 1 is 1.37 bits per heavy atom. The molecule has 0 fully saturated rings. The summed E-state index contributed by atoms with van der Waals surface area (Å²) in [6.45, 7) is -0.657. The fraction of sp³-hybridized carbons (Fsp3) is 0.417. The summed E-state index contributed by atoms with van der Waals surface area (Å²) in [4.78, 5) is 12.1. The Hall–Kier alpha value is -1.24. The molecule has 0 aromatic heterocycles. The lowest BCUT2D eigenvalue weighted by molar-refractivity contribution is -0.105. The highest BCUT2D eigenvalue weighted by Crippen LogP contribution is 2.29. The lowest BCUT2D eigenvalue weighted by atomic mass is 9.96. The highest BCUT2D eigenvalue weighted by atomic mass is 32.2. The van der Waals surface area contributed by atoms with E-state index in [9.17, 15) is 22.4 Å². The van der Waals surface area contributed by atoms with Crippen molar-refractivity contribution in [2.75, 3.05) is 12.4 Å². The van der Waals surface area contributed by atoms with Crippen LogP contribution in [-0.4, -0.2) is 30.6 Å². The molecule has 0 radical (unpaired) electrons. The van der Waals surface area contributed by atoms with Crippen LogP contribution in [-0.2, 0) is 6.42 Å². The van der Waals surface area contributed by atoms with Crippen molar-refractivity contribution in [2.24, 2.45) is 0 Å². The van der Waals surface area contributed by atoms with Crippen LogP contribution < -0.4 is 5.32 Å². The molecule has 0 bridgehead atoms. The number of benzene rings is 1. The monoisotopic (exact) mass is 293 g/mol. The van der Waals surface area contributed by atoms with Gasteiger partial charge in [0, 0.05) is 10.5 Å². The molecule has 1 aliphatic heterocycles. The molecule has 0 aliphatic carbocycles. The zero-order valence-electron chi connectivity index (χ0n) is 9.76. The largest absolute Gasteiger partial charge is 0.398 e. The van der Waals surface area contributed by atoms with E-state index in [1.54, 1.807) is 6.07 Å². The Bertz CT molecular complexity index is 489. The molecular formula is C12H11F4NOS. The highest BCUT2D eigenvalue weighted by molar-refractivity contribution is 7.99. The Balaban J connectivity index is 2.15. The summed E-state index contributed by atoms with van der Waals surface area (Å²) >= 11 is 0.630. The quantitative estimate of drug-likeness (QED) is 0.686. The Labute approximate surface area is 111 Å². The molecule has 7 heteroatoms. The number of alkyl halides is 4. The topological polar surface area (TPSA) is 29.1 Å². The molecule has 19 heavy (non-hydrogen) atoms. The summed E-state index contributed by atoms with van der Waals surface area (Å²) in [5.41, 5.74) is 1.000. The van der Waals surface area contributed by atoms with Crippen LogP contribution in [0.3, 0.4) is 0 Å². The van der Waals surface area contributed by atoms with E-state index in [0.29, 0.717) is 34.2 Å². The molecule has 1 amide bonds. The zero-order chi connectivity index (χ0) is 14.0. The average Bonchev–Trinajstić information content (AvgIpc) is 2.35. The van der Waals surface area contributed by atoms with Crippen LogP contribution in [0.15, 0.2) is 23.1 Å². The fourth-order valence-electron chi connectivity index (χ4n) is 1.87. The number of carbonyl (C=O) groups excluding carboxylic acids is 1. The second-order valence-electron chi connectivity index (χ2n) is 4.25. The third-order valence-corrected chi connectivity index (χ3v) is 3.78. The number of fused-ring (bicyclic) bond motifs is 1. The van der Waals surface area contributed by atoms with E-state index in [0.717, 1.165) is 0 Å². The summed E-state index contributed by atoms with van der Waals surface area (Å²) in [5.74, 6) is -1.43. The second-order valence-corrected chi connectivity index (χ2v) is 5.30. The summed E-state index contributed by atoms with van der Waals surface area (Å²) in [6.07, 6.45) is -3.88. The molecule has 1 aliphatic rings. The third-order valence-electron chi connectivity index (χ3n) is 2.72. The number of amides is 1. The Kier molecular flexibility index (Phi) is 4.03. The van der Waals surface area contributed by atoms with Crippen LogP contribution in [0.2, 0.25) is 0 Å². The number of carbonyl (C=O) groups is 1. The van der Waals surface area contributed by atoms with Crippen molar-refractivity contribution >= 4 is 17.7 Å². The van der Waals surface area contributed by atoms with Crippen molar-refractivity contribution < 1.29 is 22.4 Å². The van der Waals surface area contributed by atoms with Crippen molar-refractivity contribution in [2.45, 2.75) is 23.5 Å². The average molecular weight is 293 g/mol. The van der Waals surface area contributed by atoms with Gasteiger partial charge in [-0.1, -0.05) is 6.07 Å². The normalized spacial score (nSPS) is 18.9. The number of hydrogen-bond donors (Lipinski definition) is 1. The van der Waals surface area contributed by atoms with E-state index >= 15 is 0 Å². The van der Waals surface area contributed by atoms with E-state index in [2.05, 4.69) is 5.32 Å². The first kappa shape index (κ1) is 14.2. The highest BCUT2D eigenvalue weighted by Gasteiger charge is 2.28. The van der Waals surface area contributed by atoms with Gasteiger partial charge in [-0.2, -0.15) is 13.2 Å². The number of thioether (sulfide) groups is 1. The molecule has 1 heterocycles. The lowest BCUT2D eigenvalue weighted by Gasteiger charge is -2.23. The molecule has 0 spiro atoms. The van der Waals surface area contributed by atoms with Crippen molar-refractivity contribution in [3.63, 3.8) is 0 Å². The van der Waals surface area contributed by atoms with E-state index in [-0.39, 0.29) is 0 Å².